The van der Waals surface area contributed by atoms with Gasteiger partial charge in [-0.3, -0.25) is 4.79 Å². The number of rotatable bonds is 3. The lowest BCUT2D eigenvalue weighted by Gasteiger charge is -2.21. The summed E-state index contributed by atoms with van der Waals surface area (Å²) in [7, 11) is 0. The minimum Gasteiger partial charge on any atom is -0.399 e. The van der Waals surface area contributed by atoms with E-state index in [4.69, 9.17) is 5.73 Å². The third-order valence-corrected chi connectivity index (χ3v) is 3.28. The van der Waals surface area contributed by atoms with Gasteiger partial charge in [-0.25, -0.2) is 4.79 Å². The van der Waals surface area contributed by atoms with Gasteiger partial charge in [-0.05, 0) is 38.0 Å². The maximum atomic E-state index is 12.1. The molecular weight excluding hydrogens is 256 g/mol. The second kappa shape index (κ2) is 6.27. The van der Waals surface area contributed by atoms with Crippen LogP contribution in [0.5, 0.6) is 0 Å². The summed E-state index contributed by atoms with van der Waals surface area (Å²) in [6.07, 6.45) is 2.07. The number of nitrogens with one attached hydrogen (secondary N) is 2. The van der Waals surface area contributed by atoms with E-state index in [0.717, 1.165) is 25.9 Å². The maximum absolute atomic E-state index is 12.1. The second-order valence-electron chi connectivity index (χ2n) is 4.98. The molecule has 1 heterocycles. The fraction of sp³-hybridized carbons (Fsp3) is 0.429. The Morgan fingerprint density at radius 1 is 1.30 bits per heavy atom. The van der Waals surface area contributed by atoms with Crippen LogP contribution in [0.4, 0.5) is 16.2 Å². The number of hydrogen-bond donors (Lipinski definition) is 3. The van der Waals surface area contributed by atoms with Crippen molar-refractivity contribution in [2.75, 3.05) is 24.1 Å². The first-order chi connectivity index (χ1) is 9.56. The standard InChI is InChI=1S/C14H20N4O2/c1-10(13(19)18-7-2-3-8-18)16-14(20)17-12-6-4-5-11(15)9-12/h4-6,9-10H,2-3,7-8,15H2,1H3,(H2,16,17,20). The van der Waals surface area contributed by atoms with E-state index in [0.29, 0.717) is 11.4 Å². The molecule has 1 aliphatic rings. The van der Waals surface area contributed by atoms with Crippen molar-refractivity contribution in [1.82, 2.24) is 10.2 Å². The Kier molecular flexibility index (Phi) is 4.45. The van der Waals surface area contributed by atoms with Gasteiger partial charge in [0.05, 0.1) is 0 Å². The van der Waals surface area contributed by atoms with Crippen LogP contribution in [0.3, 0.4) is 0 Å². The summed E-state index contributed by atoms with van der Waals surface area (Å²) in [5.41, 5.74) is 6.81. The molecule has 0 aromatic heterocycles. The van der Waals surface area contributed by atoms with E-state index in [1.807, 2.05) is 0 Å². The van der Waals surface area contributed by atoms with Gasteiger partial charge in [0.15, 0.2) is 0 Å². The lowest BCUT2D eigenvalue weighted by molar-refractivity contribution is -0.131. The van der Waals surface area contributed by atoms with Crippen molar-refractivity contribution in [1.29, 1.82) is 0 Å². The van der Waals surface area contributed by atoms with Crippen molar-refractivity contribution >= 4 is 23.3 Å². The zero-order valence-corrected chi connectivity index (χ0v) is 11.6. The van der Waals surface area contributed by atoms with Gasteiger partial charge in [-0.1, -0.05) is 6.07 Å². The molecule has 2 rings (SSSR count). The number of nitrogens with zero attached hydrogens (tertiary/aromatic N) is 1. The van der Waals surface area contributed by atoms with Crippen LogP contribution in [0.2, 0.25) is 0 Å². The molecular formula is C14H20N4O2. The summed E-state index contributed by atoms with van der Waals surface area (Å²) >= 11 is 0. The molecule has 1 unspecified atom stereocenters. The number of amides is 3. The summed E-state index contributed by atoms with van der Waals surface area (Å²) in [6.45, 7) is 3.25. The average molecular weight is 276 g/mol. The van der Waals surface area contributed by atoms with E-state index in [9.17, 15) is 9.59 Å². The largest absolute Gasteiger partial charge is 0.399 e. The van der Waals surface area contributed by atoms with E-state index < -0.39 is 12.1 Å². The molecule has 0 aliphatic carbocycles. The predicted octanol–water partition coefficient (Wildman–Crippen LogP) is 1.40. The molecule has 0 bridgehead atoms. The Hall–Kier alpha value is -2.24. The van der Waals surface area contributed by atoms with Crippen molar-refractivity contribution < 1.29 is 9.59 Å². The zero-order valence-electron chi connectivity index (χ0n) is 11.6. The van der Waals surface area contributed by atoms with Gasteiger partial charge in [0.2, 0.25) is 5.91 Å². The summed E-state index contributed by atoms with van der Waals surface area (Å²) in [6, 6.07) is 5.95. The molecule has 1 atom stereocenters. The number of benzene rings is 1. The average Bonchev–Trinajstić information content (AvgIpc) is 2.91. The van der Waals surface area contributed by atoms with Crippen LogP contribution in [-0.4, -0.2) is 36.0 Å². The number of likely N-dealkylation sites (tertiary alicyclic amines) is 1. The van der Waals surface area contributed by atoms with Crippen LogP contribution < -0.4 is 16.4 Å². The highest BCUT2D eigenvalue weighted by Gasteiger charge is 2.24. The number of nitrogen functional groups attached to an aromatic ring is 1. The highest BCUT2D eigenvalue weighted by Crippen LogP contribution is 2.12. The minimum absolute atomic E-state index is 0.0368. The first-order valence-electron chi connectivity index (χ1n) is 6.78. The first-order valence-corrected chi connectivity index (χ1v) is 6.78. The van der Waals surface area contributed by atoms with E-state index in [1.54, 1.807) is 36.1 Å². The number of hydrogen-bond acceptors (Lipinski definition) is 3. The van der Waals surface area contributed by atoms with Crippen LogP contribution in [0.1, 0.15) is 19.8 Å². The topological polar surface area (TPSA) is 87.5 Å². The van der Waals surface area contributed by atoms with Gasteiger partial charge in [0, 0.05) is 24.5 Å². The smallest absolute Gasteiger partial charge is 0.319 e. The van der Waals surface area contributed by atoms with Crippen molar-refractivity contribution in [3.8, 4) is 0 Å². The van der Waals surface area contributed by atoms with Crippen LogP contribution in [0.25, 0.3) is 0 Å². The highest BCUT2D eigenvalue weighted by molar-refractivity contribution is 5.93. The first kappa shape index (κ1) is 14.2. The molecule has 4 N–H and O–H groups in total. The van der Waals surface area contributed by atoms with E-state index in [-0.39, 0.29) is 5.91 Å². The van der Waals surface area contributed by atoms with Gasteiger partial charge < -0.3 is 21.3 Å². The van der Waals surface area contributed by atoms with E-state index in [1.165, 1.54) is 0 Å². The predicted molar refractivity (Wildman–Crippen MR) is 78.3 cm³/mol. The third kappa shape index (κ3) is 3.63. The van der Waals surface area contributed by atoms with Crippen LogP contribution in [0.15, 0.2) is 24.3 Å². The Morgan fingerprint density at radius 3 is 2.65 bits per heavy atom. The molecule has 3 amide bonds. The molecule has 1 aliphatic heterocycles. The van der Waals surface area contributed by atoms with Crippen molar-refractivity contribution in [3.63, 3.8) is 0 Å². The second-order valence-corrected chi connectivity index (χ2v) is 4.98. The lowest BCUT2D eigenvalue weighted by atomic mass is 10.3. The Balaban J connectivity index is 1.85. The van der Waals surface area contributed by atoms with Gasteiger partial charge >= 0.3 is 6.03 Å². The summed E-state index contributed by atoms with van der Waals surface area (Å²) in [5, 5.41) is 5.30. The Bertz CT molecular complexity index is 498. The fourth-order valence-corrected chi connectivity index (χ4v) is 2.25. The van der Waals surface area contributed by atoms with E-state index >= 15 is 0 Å². The molecule has 0 spiro atoms. The maximum Gasteiger partial charge on any atom is 0.319 e. The molecule has 1 aromatic carbocycles. The van der Waals surface area contributed by atoms with Crippen molar-refractivity contribution in [2.45, 2.75) is 25.8 Å². The molecule has 6 nitrogen and oxygen atoms in total. The van der Waals surface area contributed by atoms with Gasteiger partial charge in [0.25, 0.3) is 0 Å². The number of urea groups is 1. The molecule has 1 fully saturated rings. The van der Waals surface area contributed by atoms with Crippen LogP contribution in [0, 0.1) is 0 Å². The van der Waals surface area contributed by atoms with Crippen LogP contribution >= 0.6 is 0 Å². The monoisotopic (exact) mass is 276 g/mol. The summed E-state index contributed by atoms with van der Waals surface area (Å²) in [5.74, 6) is -0.0368. The normalized spacial score (nSPS) is 15.8. The number of carbonyl (C=O) groups excluding carboxylic acids is 2. The molecule has 108 valence electrons. The lowest BCUT2D eigenvalue weighted by Crippen LogP contribution is -2.47. The van der Waals surface area contributed by atoms with Gasteiger partial charge in [0.1, 0.15) is 6.04 Å². The number of anilines is 2. The number of nitrogens with two attached hydrogens (primary N) is 1. The molecule has 20 heavy (non-hydrogen) atoms. The Morgan fingerprint density at radius 2 is 2.00 bits per heavy atom. The van der Waals surface area contributed by atoms with Crippen molar-refractivity contribution in [2.24, 2.45) is 0 Å². The molecule has 1 aromatic rings. The summed E-state index contributed by atoms with van der Waals surface area (Å²) in [4.78, 5) is 25.7. The number of carbonyl (C=O) groups is 2. The fourth-order valence-electron chi connectivity index (χ4n) is 2.25. The van der Waals surface area contributed by atoms with Crippen LogP contribution in [-0.2, 0) is 4.79 Å². The van der Waals surface area contributed by atoms with Gasteiger partial charge in [-0.2, -0.15) is 0 Å². The van der Waals surface area contributed by atoms with Gasteiger partial charge in [-0.15, -0.1) is 0 Å². The van der Waals surface area contributed by atoms with Crippen molar-refractivity contribution in [3.05, 3.63) is 24.3 Å². The van der Waals surface area contributed by atoms with E-state index in [2.05, 4.69) is 10.6 Å². The molecule has 0 radical (unpaired) electrons. The quantitative estimate of drug-likeness (QED) is 0.729. The Labute approximate surface area is 118 Å². The SMILES string of the molecule is CC(NC(=O)Nc1cccc(N)c1)C(=O)N1CCCC1. The molecule has 6 heteroatoms. The zero-order chi connectivity index (χ0) is 14.5. The molecule has 1 saturated heterocycles. The highest BCUT2D eigenvalue weighted by atomic mass is 16.2. The molecule has 0 saturated carbocycles. The third-order valence-electron chi connectivity index (χ3n) is 3.28. The minimum atomic E-state index is -0.533. The summed E-state index contributed by atoms with van der Waals surface area (Å²) < 4.78 is 0.